The molecule has 0 bridgehead atoms. The van der Waals surface area contributed by atoms with E-state index in [4.69, 9.17) is 0 Å². The van der Waals surface area contributed by atoms with Crippen LogP contribution in [-0.2, 0) is 6.18 Å². The van der Waals surface area contributed by atoms with Crippen LogP contribution in [0.4, 0.5) is 27.8 Å². The van der Waals surface area contributed by atoms with Crippen molar-refractivity contribution in [1.29, 1.82) is 0 Å². The highest BCUT2D eigenvalue weighted by molar-refractivity contribution is 5.63. The number of hydrogen-bond acceptors (Lipinski definition) is 2. The van der Waals surface area contributed by atoms with Gasteiger partial charge in [-0.15, -0.1) is 0 Å². The van der Waals surface area contributed by atoms with E-state index in [0.29, 0.717) is 12.6 Å². The summed E-state index contributed by atoms with van der Waals surface area (Å²) < 4.78 is 65.0. The molecule has 1 heterocycles. The summed E-state index contributed by atoms with van der Waals surface area (Å²) in [6.45, 7) is 2.06. The maximum Gasteiger partial charge on any atom is 0.416 e. The van der Waals surface area contributed by atoms with Gasteiger partial charge in [0.15, 0.2) is 0 Å². The topological polar surface area (TPSA) is 24.9 Å². The maximum absolute atomic E-state index is 13.2. The van der Waals surface area contributed by atoms with E-state index in [1.165, 1.54) is 0 Å². The summed E-state index contributed by atoms with van der Waals surface area (Å²) in [5.41, 5.74) is -1.15. The summed E-state index contributed by atoms with van der Waals surface area (Å²) in [6, 6.07) is 4.11. The van der Waals surface area contributed by atoms with Crippen LogP contribution in [0, 0.1) is 11.6 Å². The summed E-state index contributed by atoms with van der Waals surface area (Å²) in [5.74, 6) is -1.77. The molecular formula is C14H11F5N2. The van der Waals surface area contributed by atoms with Crippen LogP contribution in [0.3, 0.4) is 0 Å². The van der Waals surface area contributed by atoms with E-state index in [0.717, 1.165) is 24.3 Å². The highest BCUT2D eigenvalue weighted by Crippen LogP contribution is 2.33. The molecule has 21 heavy (non-hydrogen) atoms. The van der Waals surface area contributed by atoms with E-state index in [9.17, 15) is 22.0 Å². The van der Waals surface area contributed by atoms with Crippen molar-refractivity contribution in [2.45, 2.75) is 13.1 Å². The van der Waals surface area contributed by atoms with Gasteiger partial charge in [0.1, 0.15) is 17.5 Å². The zero-order valence-corrected chi connectivity index (χ0v) is 10.9. The molecule has 0 spiro atoms. The summed E-state index contributed by atoms with van der Waals surface area (Å²) in [5, 5.41) is 2.66. The summed E-state index contributed by atoms with van der Waals surface area (Å²) >= 11 is 0. The number of anilines is 1. The maximum atomic E-state index is 13.2. The Morgan fingerprint density at radius 1 is 1.00 bits per heavy atom. The Morgan fingerprint density at radius 2 is 1.62 bits per heavy atom. The Hall–Kier alpha value is -2.18. The molecule has 2 aromatic rings. The van der Waals surface area contributed by atoms with E-state index in [1.54, 1.807) is 6.92 Å². The van der Waals surface area contributed by atoms with Crippen LogP contribution >= 0.6 is 0 Å². The van der Waals surface area contributed by atoms with Crippen LogP contribution in [0.25, 0.3) is 11.3 Å². The van der Waals surface area contributed by atoms with Crippen LogP contribution in [0.15, 0.2) is 30.3 Å². The van der Waals surface area contributed by atoms with Crippen LogP contribution in [0.5, 0.6) is 0 Å². The Balaban J connectivity index is 2.59. The third kappa shape index (κ3) is 3.68. The highest BCUT2D eigenvalue weighted by Gasteiger charge is 2.31. The number of benzene rings is 1. The molecule has 112 valence electrons. The van der Waals surface area contributed by atoms with Crippen molar-refractivity contribution in [3.63, 3.8) is 0 Å². The number of aromatic nitrogens is 1. The first kappa shape index (κ1) is 15.2. The quantitative estimate of drug-likeness (QED) is 0.846. The fourth-order valence-corrected chi connectivity index (χ4v) is 1.82. The fraction of sp³-hybridized carbons (Fsp3) is 0.214. The Morgan fingerprint density at radius 3 is 2.14 bits per heavy atom. The summed E-state index contributed by atoms with van der Waals surface area (Å²) in [7, 11) is 0. The van der Waals surface area contributed by atoms with E-state index >= 15 is 0 Å². The lowest BCUT2D eigenvalue weighted by atomic mass is 10.1. The third-order valence-corrected chi connectivity index (χ3v) is 2.67. The van der Waals surface area contributed by atoms with E-state index in [1.807, 2.05) is 0 Å². The molecule has 1 aromatic heterocycles. The van der Waals surface area contributed by atoms with Gasteiger partial charge in [-0.3, -0.25) is 0 Å². The highest BCUT2D eigenvalue weighted by atomic mass is 19.4. The van der Waals surface area contributed by atoms with Crippen LogP contribution < -0.4 is 5.32 Å². The minimum Gasteiger partial charge on any atom is -0.370 e. The zero-order chi connectivity index (χ0) is 15.6. The van der Waals surface area contributed by atoms with Crippen molar-refractivity contribution in [3.8, 4) is 11.3 Å². The molecule has 0 atom stereocenters. The molecule has 2 rings (SSSR count). The van der Waals surface area contributed by atoms with Gasteiger partial charge >= 0.3 is 6.18 Å². The number of rotatable bonds is 3. The molecule has 0 unspecified atom stereocenters. The molecule has 0 fully saturated rings. The monoisotopic (exact) mass is 302 g/mol. The largest absolute Gasteiger partial charge is 0.416 e. The van der Waals surface area contributed by atoms with Crippen molar-refractivity contribution >= 4 is 5.82 Å². The average Bonchev–Trinajstić information content (AvgIpc) is 2.36. The van der Waals surface area contributed by atoms with Crippen LogP contribution in [-0.4, -0.2) is 11.5 Å². The molecule has 1 aromatic carbocycles. The lowest BCUT2D eigenvalue weighted by Gasteiger charge is -2.12. The molecule has 0 saturated heterocycles. The number of halogens is 5. The smallest absolute Gasteiger partial charge is 0.370 e. The van der Waals surface area contributed by atoms with Crippen molar-refractivity contribution in [3.05, 3.63) is 47.5 Å². The molecule has 0 radical (unpaired) electrons. The SMILES string of the molecule is CCNc1cc(C(F)(F)F)cc(-c2cc(F)cc(F)c2)n1. The third-order valence-electron chi connectivity index (χ3n) is 2.67. The molecule has 0 aliphatic carbocycles. The summed E-state index contributed by atoms with van der Waals surface area (Å²) in [4.78, 5) is 3.94. The molecule has 7 heteroatoms. The number of pyridine rings is 1. The van der Waals surface area contributed by atoms with Gasteiger partial charge in [0, 0.05) is 18.2 Å². The zero-order valence-electron chi connectivity index (χ0n) is 10.9. The Labute approximate surface area is 117 Å². The minimum atomic E-state index is -4.58. The Kier molecular flexibility index (Phi) is 4.11. The summed E-state index contributed by atoms with van der Waals surface area (Å²) in [6.07, 6.45) is -4.58. The lowest BCUT2D eigenvalue weighted by Crippen LogP contribution is -2.08. The normalized spacial score (nSPS) is 11.5. The number of nitrogens with one attached hydrogen (secondary N) is 1. The Bertz CT molecular complexity index is 632. The van der Waals surface area contributed by atoms with E-state index in [-0.39, 0.29) is 17.1 Å². The number of hydrogen-bond donors (Lipinski definition) is 1. The number of nitrogens with zero attached hydrogens (tertiary/aromatic N) is 1. The molecule has 0 amide bonds. The van der Waals surface area contributed by atoms with Crippen LogP contribution in [0.2, 0.25) is 0 Å². The molecule has 0 saturated carbocycles. The fourth-order valence-electron chi connectivity index (χ4n) is 1.82. The first-order chi connectivity index (χ1) is 9.79. The predicted molar refractivity (Wildman–Crippen MR) is 68.8 cm³/mol. The van der Waals surface area contributed by atoms with Gasteiger partial charge in [-0.2, -0.15) is 13.2 Å². The van der Waals surface area contributed by atoms with Crippen molar-refractivity contribution < 1.29 is 22.0 Å². The van der Waals surface area contributed by atoms with Gasteiger partial charge in [0.25, 0.3) is 0 Å². The average molecular weight is 302 g/mol. The molecule has 0 aliphatic heterocycles. The molecule has 0 aliphatic rings. The van der Waals surface area contributed by atoms with Gasteiger partial charge in [0.2, 0.25) is 0 Å². The first-order valence-corrected chi connectivity index (χ1v) is 6.09. The van der Waals surface area contributed by atoms with E-state index < -0.39 is 23.4 Å². The van der Waals surface area contributed by atoms with Crippen LogP contribution in [0.1, 0.15) is 12.5 Å². The van der Waals surface area contributed by atoms with Crippen molar-refractivity contribution in [1.82, 2.24) is 4.98 Å². The van der Waals surface area contributed by atoms with Crippen molar-refractivity contribution in [2.24, 2.45) is 0 Å². The van der Waals surface area contributed by atoms with Crippen molar-refractivity contribution in [2.75, 3.05) is 11.9 Å². The van der Waals surface area contributed by atoms with Gasteiger partial charge in [-0.1, -0.05) is 0 Å². The minimum absolute atomic E-state index is 0.00741. The van der Waals surface area contributed by atoms with Gasteiger partial charge in [-0.05, 0) is 31.2 Å². The van der Waals surface area contributed by atoms with Gasteiger partial charge in [-0.25, -0.2) is 13.8 Å². The lowest BCUT2D eigenvalue weighted by molar-refractivity contribution is -0.137. The van der Waals surface area contributed by atoms with Gasteiger partial charge < -0.3 is 5.32 Å². The first-order valence-electron chi connectivity index (χ1n) is 6.09. The molecule has 1 N–H and O–H groups in total. The second-order valence-electron chi connectivity index (χ2n) is 4.31. The standard InChI is InChI=1S/C14H11F5N2/c1-2-20-13-6-9(14(17,18)19)5-12(21-13)8-3-10(15)7-11(16)4-8/h3-7H,2H2,1H3,(H,20,21). The molecular weight excluding hydrogens is 291 g/mol. The van der Waals surface area contributed by atoms with Gasteiger partial charge in [0.05, 0.1) is 11.3 Å². The predicted octanol–water partition coefficient (Wildman–Crippen LogP) is 4.48. The number of alkyl halides is 3. The molecule has 2 nitrogen and oxygen atoms in total. The second-order valence-corrected chi connectivity index (χ2v) is 4.31. The second kappa shape index (κ2) is 5.67. The van der Waals surface area contributed by atoms with E-state index in [2.05, 4.69) is 10.3 Å².